The van der Waals surface area contributed by atoms with Gasteiger partial charge in [-0.2, -0.15) is 0 Å². The third-order valence-electron chi connectivity index (χ3n) is 4.35. The van der Waals surface area contributed by atoms with Crippen molar-refractivity contribution < 1.29 is 8.85 Å². The normalized spacial score (nSPS) is 48.0. The molecule has 0 saturated carbocycles. The maximum absolute atomic E-state index is 6.37. The molecule has 0 amide bonds. The summed E-state index contributed by atoms with van der Waals surface area (Å²) in [6, 6.07) is 2.72. The van der Waals surface area contributed by atoms with Crippen LogP contribution in [0.3, 0.4) is 0 Å². The monoisotopic (exact) mass is 272 g/mol. The van der Waals surface area contributed by atoms with Crippen molar-refractivity contribution >= 4 is 16.6 Å². The fourth-order valence-electron chi connectivity index (χ4n) is 3.79. The van der Waals surface area contributed by atoms with Crippen LogP contribution in [0.1, 0.15) is 39.5 Å². The Kier molecular flexibility index (Phi) is 4.18. The van der Waals surface area contributed by atoms with Gasteiger partial charge in [-0.05, 0) is 57.5 Å². The summed E-state index contributed by atoms with van der Waals surface area (Å²) in [5.41, 5.74) is 1.33. The molecule has 2 rings (SSSR count). The van der Waals surface area contributed by atoms with E-state index in [1.165, 1.54) is 43.4 Å². The molecular weight excluding hydrogens is 244 g/mol. The van der Waals surface area contributed by atoms with Crippen molar-refractivity contribution in [1.29, 1.82) is 0 Å². The predicted molar refractivity (Wildman–Crippen MR) is 77.2 cm³/mol. The first-order valence-corrected chi connectivity index (χ1v) is 12.9. The lowest BCUT2D eigenvalue weighted by Crippen LogP contribution is -2.52. The Morgan fingerprint density at radius 2 is 1.29 bits per heavy atom. The van der Waals surface area contributed by atoms with Gasteiger partial charge in [0.25, 0.3) is 0 Å². The zero-order valence-electron chi connectivity index (χ0n) is 11.9. The summed E-state index contributed by atoms with van der Waals surface area (Å²) in [5.74, 6) is 0. The molecule has 0 radical (unpaired) electrons. The molecular formula is C13H28O2Si2. The molecule has 0 aromatic heterocycles. The average Bonchev–Trinajstić information content (AvgIpc) is 2.14. The lowest BCUT2D eigenvalue weighted by molar-refractivity contribution is 0.165. The summed E-state index contributed by atoms with van der Waals surface area (Å²) in [7, 11) is -2.90. The zero-order valence-corrected chi connectivity index (χ0v) is 13.9. The minimum absolute atomic E-state index is 0.499. The van der Waals surface area contributed by atoms with Crippen LogP contribution in [0.15, 0.2) is 0 Å². The molecule has 2 nitrogen and oxygen atoms in total. The van der Waals surface area contributed by atoms with E-state index in [1.807, 2.05) is 0 Å². The van der Waals surface area contributed by atoms with Crippen LogP contribution in [0.4, 0.5) is 0 Å². The van der Waals surface area contributed by atoms with E-state index < -0.39 is 16.6 Å². The third kappa shape index (κ3) is 3.66. The fraction of sp³-hybridized carbons (Fsp3) is 1.00. The fourth-order valence-corrected chi connectivity index (χ4v) is 16.5. The van der Waals surface area contributed by atoms with E-state index in [2.05, 4.69) is 26.9 Å². The van der Waals surface area contributed by atoms with Gasteiger partial charge >= 0.3 is 0 Å². The molecule has 0 spiro atoms. The minimum Gasteiger partial charge on any atom is -0.415 e. The van der Waals surface area contributed by atoms with Crippen molar-refractivity contribution in [3.63, 3.8) is 0 Å². The highest BCUT2D eigenvalue weighted by Gasteiger charge is 2.45. The highest BCUT2D eigenvalue weighted by Crippen LogP contribution is 2.37. The summed E-state index contributed by atoms with van der Waals surface area (Å²) >= 11 is 0. The van der Waals surface area contributed by atoms with Crippen molar-refractivity contribution in [2.24, 2.45) is 0 Å². The molecule has 2 heterocycles. The second kappa shape index (κ2) is 5.15. The van der Waals surface area contributed by atoms with Crippen molar-refractivity contribution in [3.8, 4) is 0 Å². The van der Waals surface area contributed by atoms with E-state index in [-0.39, 0.29) is 0 Å². The summed E-state index contributed by atoms with van der Waals surface area (Å²) in [6.07, 6.45) is 6.28. The van der Waals surface area contributed by atoms with Crippen LogP contribution in [0.25, 0.3) is 0 Å². The van der Waals surface area contributed by atoms with E-state index in [9.17, 15) is 0 Å². The van der Waals surface area contributed by atoms with Gasteiger partial charge in [-0.15, -0.1) is 0 Å². The molecule has 2 fully saturated rings. The second-order valence-corrected chi connectivity index (χ2v) is 15.4. The van der Waals surface area contributed by atoms with E-state index in [4.69, 9.17) is 8.85 Å². The highest BCUT2D eigenvalue weighted by atomic mass is 28.4. The van der Waals surface area contributed by atoms with Crippen molar-refractivity contribution in [1.82, 2.24) is 0 Å². The van der Waals surface area contributed by atoms with Crippen LogP contribution in [0.5, 0.6) is 0 Å². The number of rotatable bonds is 2. The summed E-state index contributed by atoms with van der Waals surface area (Å²) in [5, 5.41) is 0. The summed E-state index contributed by atoms with van der Waals surface area (Å²) in [6.45, 7) is 9.39. The Hall–Kier alpha value is 0.354. The van der Waals surface area contributed by atoms with E-state index in [1.54, 1.807) is 0 Å². The molecule has 17 heavy (non-hydrogen) atoms. The minimum atomic E-state index is -1.45. The van der Waals surface area contributed by atoms with Gasteiger partial charge in [0, 0.05) is 12.2 Å². The van der Waals surface area contributed by atoms with Crippen LogP contribution in [-0.2, 0) is 8.85 Å². The summed E-state index contributed by atoms with van der Waals surface area (Å²) in [4.78, 5) is 0. The van der Waals surface area contributed by atoms with Gasteiger partial charge in [-0.1, -0.05) is 12.8 Å². The lowest BCUT2D eigenvalue weighted by Gasteiger charge is -2.43. The van der Waals surface area contributed by atoms with Crippen molar-refractivity contribution in [3.05, 3.63) is 0 Å². The Bertz CT molecular complexity index is 248. The van der Waals surface area contributed by atoms with Gasteiger partial charge in [0.1, 0.15) is 0 Å². The smallest absolute Gasteiger partial charge is 0.189 e. The molecule has 0 N–H and O–H groups in total. The molecule has 2 aliphatic heterocycles. The summed E-state index contributed by atoms with van der Waals surface area (Å²) < 4.78 is 12.7. The van der Waals surface area contributed by atoms with E-state index in [0.29, 0.717) is 12.2 Å². The van der Waals surface area contributed by atoms with Gasteiger partial charge in [0.2, 0.25) is 0 Å². The van der Waals surface area contributed by atoms with Crippen molar-refractivity contribution in [2.75, 3.05) is 0 Å². The second-order valence-electron chi connectivity index (χ2n) is 6.72. The quantitative estimate of drug-likeness (QED) is 0.705. The Labute approximate surface area is 108 Å². The van der Waals surface area contributed by atoms with Crippen LogP contribution in [0, 0.1) is 0 Å². The molecule has 2 aliphatic rings. The number of hydrogen-bond donors (Lipinski definition) is 0. The Morgan fingerprint density at radius 3 is 1.65 bits per heavy atom. The topological polar surface area (TPSA) is 18.5 Å². The molecule has 4 unspecified atom stereocenters. The highest BCUT2D eigenvalue weighted by molar-refractivity contribution is 6.90. The van der Waals surface area contributed by atoms with Gasteiger partial charge in [-0.3, -0.25) is 0 Å². The molecule has 4 heteroatoms. The van der Waals surface area contributed by atoms with Gasteiger partial charge in [-0.25, -0.2) is 0 Å². The van der Waals surface area contributed by atoms with E-state index >= 15 is 0 Å². The first-order chi connectivity index (χ1) is 7.91. The van der Waals surface area contributed by atoms with Crippen LogP contribution >= 0.6 is 0 Å². The first kappa shape index (κ1) is 13.8. The first-order valence-electron chi connectivity index (χ1n) is 7.27. The molecule has 100 valence electrons. The van der Waals surface area contributed by atoms with Gasteiger partial charge < -0.3 is 8.85 Å². The molecule has 0 aromatic carbocycles. The van der Waals surface area contributed by atoms with Gasteiger partial charge in [0.15, 0.2) is 16.6 Å². The predicted octanol–water partition coefficient (Wildman–Crippen LogP) is 4.07. The molecule has 2 saturated heterocycles. The maximum atomic E-state index is 6.37. The van der Waals surface area contributed by atoms with Crippen LogP contribution < -0.4 is 0 Å². The van der Waals surface area contributed by atoms with Crippen LogP contribution in [0.2, 0.25) is 30.8 Å². The molecule has 4 atom stereocenters. The molecule has 0 aromatic rings. The lowest BCUT2D eigenvalue weighted by atomic mass is 10.2. The zero-order chi connectivity index (χ0) is 12.5. The van der Waals surface area contributed by atoms with Crippen molar-refractivity contribution in [2.45, 2.75) is 82.6 Å². The SMILES string of the molecule is CC1CCC[Si](C)(C[Si]2(C)CCCC(C)O2)O1. The Morgan fingerprint density at radius 1 is 0.882 bits per heavy atom. The van der Waals surface area contributed by atoms with Gasteiger partial charge in [0.05, 0.1) is 0 Å². The molecule has 0 aliphatic carbocycles. The Balaban J connectivity index is 1.98. The van der Waals surface area contributed by atoms with E-state index in [0.717, 1.165) is 0 Å². The third-order valence-corrected chi connectivity index (χ3v) is 15.1. The largest absolute Gasteiger partial charge is 0.415 e. The maximum Gasteiger partial charge on any atom is 0.189 e. The average molecular weight is 273 g/mol. The standard InChI is InChI=1S/C13H28O2Si2/c1-12-7-5-9-16(3,14-12)11-17(4)10-6-8-13(2)15-17/h12-13H,5-11H2,1-4H3. The number of hydrogen-bond acceptors (Lipinski definition) is 2. The van der Waals surface area contributed by atoms with Crippen LogP contribution in [-0.4, -0.2) is 28.8 Å². The molecule has 0 bridgehead atoms.